The summed E-state index contributed by atoms with van der Waals surface area (Å²) in [6.45, 7) is 6.98. The van der Waals surface area contributed by atoms with Gasteiger partial charge in [0.25, 0.3) is 5.91 Å². The van der Waals surface area contributed by atoms with Crippen molar-refractivity contribution in [2.24, 2.45) is 0 Å². The van der Waals surface area contributed by atoms with E-state index in [0.717, 1.165) is 40.1 Å². The van der Waals surface area contributed by atoms with Crippen LogP contribution in [0.2, 0.25) is 0 Å². The number of rotatable bonds is 10. The highest BCUT2D eigenvalue weighted by Crippen LogP contribution is 2.41. The van der Waals surface area contributed by atoms with Gasteiger partial charge < -0.3 is 10.2 Å². The molecule has 7 heteroatoms. The largest absolute Gasteiger partial charge is 0.354 e. The van der Waals surface area contributed by atoms with Gasteiger partial charge in [-0.3, -0.25) is 14.5 Å². The number of fused-ring (bicyclic) bond motifs is 1. The van der Waals surface area contributed by atoms with Crippen LogP contribution in [0.3, 0.4) is 0 Å². The molecule has 2 N–H and O–H groups in total. The molecule has 3 aromatic rings. The maximum Gasteiger partial charge on any atom is 0.265 e. The molecular weight excluding hydrogens is 546 g/mol. The van der Waals surface area contributed by atoms with Gasteiger partial charge in [-0.05, 0) is 49.8 Å². The number of amides is 2. The number of hydrogen-bond acceptors (Lipinski definition) is 3. The first-order valence-corrected chi connectivity index (χ1v) is 14.2. The standard InChI is InChI=1S/C30H32BrN3O2S/c1-22(2)33(20-23-10-4-3-5-11-23)17-9-16-32-29(35)21-34-26-14-6-7-15-27(26)37-28(30(34)36)19-24-12-8-13-25(31)18-24/h3-8,10-15,18-19,22H,9,16-17,20-21H2,1-2H3,(H,32,35)/p+1. The predicted molar refractivity (Wildman–Crippen MR) is 156 cm³/mol. The minimum Gasteiger partial charge on any atom is -0.354 e. The second-order valence-corrected chi connectivity index (χ2v) is 11.5. The molecule has 0 radical (unpaired) electrons. The molecule has 0 aliphatic carbocycles. The maximum absolute atomic E-state index is 13.4. The molecule has 1 aliphatic heterocycles. The van der Waals surface area contributed by atoms with Gasteiger partial charge in [-0.25, -0.2) is 0 Å². The summed E-state index contributed by atoms with van der Waals surface area (Å²) >= 11 is 4.93. The van der Waals surface area contributed by atoms with Gasteiger partial charge in [0.1, 0.15) is 13.1 Å². The van der Waals surface area contributed by atoms with Crippen molar-refractivity contribution in [2.75, 3.05) is 24.5 Å². The number of hydrogen-bond donors (Lipinski definition) is 2. The molecule has 0 bridgehead atoms. The first-order valence-electron chi connectivity index (χ1n) is 12.6. The van der Waals surface area contributed by atoms with Gasteiger partial charge in [-0.1, -0.05) is 82.3 Å². The molecule has 2 amide bonds. The Hall–Kier alpha value is -2.87. The molecule has 37 heavy (non-hydrogen) atoms. The molecule has 192 valence electrons. The topological polar surface area (TPSA) is 53.9 Å². The number of quaternary nitrogens is 1. The van der Waals surface area contributed by atoms with E-state index in [4.69, 9.17) is 0 Å². The summed E-state index contributed by atoms with van der Waals surface area (Å²) in [6, 6.07) is 26.6. The number of benzene rings is 3. The second-order valence-electron chi connectivity index (χ2n) is 9.45. The summed E-state index contributed by atoms with van der Waals surface area (Å²) in [5.74, 6) is -0.303. The summed E-state index contributed by atoms with van der Waals surface area (Å²) in [5, 5.41) is 3.03. The molecular formula is C30H33BrN3O2S+. The van der Waals surface area contributed by atoms with Crippen molar-refractivity contribution in [3.63, 3.8) is 0 Å². The lowest BCUT2D eigenvalue weighted by molar-refractivity contribution is -0.935. The molecule has 3 aromatic carbocycles. The van der Waals surface area contributed by atoms with Crippen LogP contribution in [0.25, 0.3) is 6.08 Å². The fraction of sp³-hybridized carbons (Fsp3) is 0.267. The fourth-order valence-corrected chi connectivity index (χ4v) is 5.82. The third-order valence-electron chi connectivity index (χ3n) is 6.37. The number of carbonyl (C=O) groups is 2. The van der Waals surface area contributed by atoms with Crippen LogP contribution in [0.15, 0.2) is 93.1 Å². The molecule has 1 unspecified atom stereocenters. The van der Waals surface area contributed by atoms with Crippen molar-refractivity contribution in [3.05, 3.63) is 99.4 Å². The zero-order chi connectivity index (χ0) is 26.2. The Morgan fingerprint density at radius 2 is 1.81 bits per heavy atom. The summed E-state index contributed by atoms with van der Waals surface area (Å²) in [7, 11) is 0. The van der Waals surface area contributed by atoms with Gasteiger partial charge >= 0.3 is 0 Å². The molecule has 0 saturated carbocycles. The Morgan fingerprint density at radius 3 is 2.57 bits per heavy atom. The first kappa shape index (κ1) is 27.2. The number of nitrogens with one attached hydrogen (secondary N) is 2. The van der Waals surface area contributed by atoms with Crippen LogP contribution in [0, 0.1) is 0 Å². The van der Waals surface area contributed by atoms with Crippen LogP contribution in [-0.2, 0) is 16.1 Å². The minimum atomic E-state index is -0.155. The highest BCUT2D eigenvalue weighted by Gasteiger charge is 2.30. The summed E-state index contributed by atoms with van der Waals surface area (Å²) < 4.78 is 0.952. The monoisotopic (exact) mass is 578 g/mol. The Labute approximate surface area is 232 Å². The van der Waals surface area contributed by atoms with Crippen LogP contribution in [0.4, 0.5) is 5.69 Å². The molecule has 1 atom stereocenters. The predicted octanol–water partition coefficient (Wildman–Crippen LogP) is 4.93. The molecule has 4 rings (SSSR count). The lowest BCUT2D eigenvalue weighted by Crippen LogP contribution is -3.13. The SMILES string of the molecule is CC(C)[NH+](CCCNC(=O)CN1C(=O)C(=Cc2cccc(Br)c2)Sc2ccccc21)Cc1ccccc1. The highest BCUT2D eigenvalue weighted by molar-refractivity contribution is 9.10. The quantitative estimate of drug-likeness (QED) is 0.265. The lowest BCUT2D eigenvalue weighted by Gasteiger charge is -2.30. The van der Waals surface area contributed by atoms with Crippen molar-refractivity contribution in [1.29, 1.82) is 0 Å². The van der Waals surface area contributed by atoms with Crippen LogP contribution in [0.5, 0.6) is 0 Å². The van der Waals surface area contributed by atoms with Gasteiger partial charge in [-0.2, -0.15) is 0 Å². The molecule has 0 saturated heterocycles. The maximum atomic E-state index is 13.4. The Kier molecular flexibility index (Phi) is 9.61. The number of anilines is 1. The third-order valence-corrected chi connectivity index (χ3v) is 7.94. The summed E-state index contributed by atoms with van der Waals surface area (Å²) in [5.41, 5.74) is 3.03. The van der Waals surface area contributed by atoms with Crippen molar-refractivity contribution in [2.45, 2.75) is 37.8 Å². The van der Waals surface area contributed by atoms with E-state index in [0.29, 0.717) is 17.5 Å². The number of nitrogens with zero attached hydrogens (tertiary/aromatic N) is 1. The number of carbonyl (C=O) groups excluding carboxylic acids is 2. The molecule has 1 aliphatic rings. The number of para-hydroxylation sites is 1. The normalized spacial score (nSPS) is 15.1. The van der Waals surface area contributed by atoms with Crippen molar-refractivity contribution < 1.29 is 14.5 Å². The van der Waals surface area contributed by atoms with Gasteiger partial charge in [-0.15, -0.1) is 0 Å². The van der Waals surface area contributed by atoms with E-state index in [1.165, 1.54) is 22.2 Å². The minimum absolute atomic E-state index is 0.00298. The molecule has 0 spiro atoms. The van der Waals surface area contributed by atoms with E-state index >= 15 is 0 Å². The van der Waals surface area contributed by atoms with E-state index in [1.54, 1.807) is 4.90 Å². The summed E-state index contributed by atoms with van der Waals surface area (Å²) in [4.78, 5) is 31.0. The zero-order valence-corrected chi connectivity index (χ0v) is 23.6. The van der Waals surface area contributed by atoms with Gasteiger partial charge in [0.2, 0.25) is 5.91 Å². The van der Waals surface area contributed by atoms with E-state index < -0.39 is 0 Å². The lowest BCUT2D eigenvalue weighted by atomic mass is 10.2. The first-order chi connectivity index (χ1) is 17.9. The average molecular weight is 580 g/mol. The van der Waals surface area contributed by atoms with Crippen LogP contribution in [0.1, 0.15) is 31.4 Å². The average Bonchev–Trinajstić information content (AvgIpc) is 2.89. The summed E-state index contributed by atoms with van der Waals surface area (Å²) in [6.07, 6.45) is 2.76. The molecule has 0 aromatic heterocycles. The van der Waals surface area contributed by atoms with Crippen LogP contribution in [-0.4, -0.2) is 37.5 Å². The molecule has 1 heterocycles. The third kappa shape index (κ3) is 7.57. The molecule has 0 fully saturated rings. The Morgan fingerprint density at radius 1 is 1.05 bits per heavy atom. The van der Waals surface area contributed by atoms with E-state index in [9.17, 15) is 9.59 Å². The second kappa shape index (κ2) is 13.1. The van der Waals surface area contributed by atoms with E-state index in [2.05, 4.69) is 59.4 Å². The van der Waals surface area contributed by atoms with Crippen LogP contribution < -0.4 is 15.1 Å². The number of thioether (sulfide) groups is 1. The number of halogens is 1. The Balaban J connectivity index is 1.37. The zero-order valence-electron chi connectivity index (χ0n) is 21.2. The van der Waals surface area contributed by atoms with Crippen molar-refractivity contribution >= 4 is 51.3 Å². The van der Waals surface area contributed by atoms with Gasteiger partial charge in [0.15, 0.2) is 0 Å². The van der Waals surface area contributed by atoms with E-state index in [-0.39, 0.29) is 18.4 Å². The highest BCUT2D eigenvalue weighted by atomic mass is 79.9. The fourth-order valence-electron chi connectivity index (χ4n) is 4.35. The van der Waals surface area contributed by atoms with Crippen LogP contribution >= 0.6 is 27.7 Å². The van der Waals surface area contributed by atoms with Gasteiger partial charge in [0.05, 0.1) is 23.2 Å². The molecule has 5 nitrogen and oxygen atoms in total. The Bertz CT molecular complexity index is 1260. The van der Waals surface area contributed by atoms with Crippen molar-refractivity contribution in [1.82, 2.24) is 5.32 Å². The van der Waals surface area contributed by atoms with Crippen molar-refractivity contribution in [3.8, 4) is 0 Å². The smallest absolute Gasteiger partial charge is 0.265 e. The van der Waals surface area contributed by atoms with E-state index in [1.807, 2.05) is 60.7 Å². The van der Waals surface area contributed by atoms with Gasteiger partial charge in [0, 0.05) is 27.9 Å².